The number of nitrogens with one attached hydrogen (secondary N) is 2. The van der Waals surface area contributed by atoms with Crippen molar-refractivity contribution in [1.29, 1.82) is 0 Å². The second-order valence-electron chi connectivity index (χ2n) is 6.46. The summed E-state index contributed by atoms with van der Waals surface area (Å²) in [6.45, 7) is 2.29. The fourth-order valence-corrected chi connectivity index (χ4v) is 3.68. The molecule has 25 heavy (non-hydrogen) atoms. The smallest absolute Gasteiger partial charge is 0.409 e. The molecule has 0 spiro atoms. The highest BCUT2D eigenvalue weighted by atomic mass is 32.1. The van der Waals surface area contributed by atoms with Gasteiger partial charge in [0.2, 0.25) is 0 Å². The SMILES string of the molecule is O=C(OCCNC(=S)NC1CCc2c(F)cccc21)N1CCCCC1. The number of carbonyl (C=O) groups excluding carboxylic acids is 1. The molecular formula is C18H24FN3O2S. The van der Waals surface area contributed by atoms with Crippen molar-refractivity contribution >= 4 is 23.4 Å². The maximum absolute atomic E-state index is 13.8. The van der Waals surface area contributed by atoms with Gasteiger partial charge in [0.25, 0.3) is 0 Å². The molecule has 136 valence electrons. The summed E-state index contributed by atoms with van der Waals surface area (Å²) < 4.78 is 19.0. The predicted molar refractivity (Wildman–Crippen MR) is 98.0 cm³/mol. The first-order valence-corrected chi connectivity index (χ1v) is 9.29. The number of thiocarbonyl (C=S) groups is 1. The van der Waals surface area contributed by atoms with Crippen LogP contribution in [0, 0.1) is 5.82 Å². The van der Waals surface area contributed by atoms with E-state index in [0.717, 1.165) is 49.9 Å². The molecule has 5 nitrogen and oxygen atoms in total. The Morgan fingerprint density at radius 3 is 2.92 bits per heavy atom. The molecule has 1 atom stereocenters. The minimum Gasteiger partial charge on any atom is -0.448 e. The van der Waals surface area contributed by atoms with Crippen LogP contribution in [0.25, 0.3) is 0 Å². The number of rotatable bonds is 4. The number of carbonyl (C=O) groups is 1. The van der Waals surface area contributed by atoms with Crippen LogP contribution in [-0.2, 0) is 11.2 Å². The van der Waals surface area contributed by atoms with Gasteiger partial charge in [-0.1, -0.05) is 12.1 Å². The largest absolute Gasteiger partial charge is 0.448 e. The van der Waals surface area contributed by atoms with Crippen LogP contribution in [0.4, 0.5) is 9.18 Å². The molecule has 1 amide bonds. The number of piperidine rings is 1. The first kappa shape index (κ1) is 17.9. The fourth-order valence-electron chi connectivity index (χ4n) is 3.44. The Balaban J connectivity index is 1.37. The van der Waals surface area contributed by atoms with Crippen molar-refractivity contribution in [2.45, 2.75) is 38.1 Å². The average molecular weight is 365 g/mol. The summed E-state index contributed by atoms with van der Waals surface area (Å²) in [6.07, 6.45) is 4.56. The lowest BCUT2D eigenvalue weighted by atomic mass is 10.1. The Morgan fingerprint density at radius 2 is 2.12 bits per heavy atom. The van der Waals surface area contributed by atoms with Crippen molar-refractivity contribution in [3.8, 4) is 0 Å². The number of ether oxygens (including phenoxy) is 1. The van der Waals surface area contributed by atoms with Gasteiger partial charge < -0.3 is 20.3 Å². The van der Waals surface area contributed by atoms with Gasteiger partial charge in [0.05, 0.1) is 12.6 Å². The Labute approximate surface area is 152 Å². The topological polar surface area (TPSA) is 53.6 Å². The van der Waals surface area contributed by atoms with Gasteiger partial charge >= 0.3 is 6.09 Å². The zero-order valence-corrected chi connectivity index (χ0v) is 15.0. The molecule has 7 heteroatoms. The number of amides is 1. The van der Waals surface area contributed by atoms with Crippen molar-refractivity contribution in [2.24, 2.45) is 0 Å². The third-order valence-electron chi connectivity index (χ3n) is 4.75. The standard InChI is InChI=1S/C18H24FN3O2S/c19-15-6-4-5-14-13(15)7-8-16(14)21-17(25)20-9-12-24-18(23)22-10-2-1-3-11-22/h4-6,16H,1-3,7-12H2,(H2,20,21,25). The third kappa shape index (κ3) is 4.60. The van der Waals surface area contributed by atoms with Gasteiger partial charge in [-0.05, 0) is 61.5 Å². The number of fused-ring (bicyclic) bond motifs is 1. The van der Waals surface area contributed by atoms with Gasteiger partial charge in [-0.25, -0.2) is 9.18 Å². The molecule has 1 aliphatic carbocycles. The summed E-state index contributed by atoms with van der Waals surface area (Å²) in [4.78, 5) is 13.6. The molecule has 0 aromatic heterocycles. The highest BCUT2D eigenvalue weighted by molar-refractivity contribution is 7.80. The van der Waals surface area contributed by atoms with Gasteiger partial charge in [0, 0.05) is 13.1 Å². The number of benzene rings is 1. The maximum Gasteiger partial charge on any atom is 0.409 e. The molecule has 0 saturated carbocycles. The van der Waals surface area contributed by atoms with E-state index < -0.39 is 0 Å². The van der Waals surface area contributed by atoms with Gasteiger partial charge in [-0.15, -0.1) is 0 Å². The summed E-state index contributed by atoms with van der Waals surface area (Å²) in [5.74, 6) is -0.148. The second kappa shape index (κ2) is 8.47. The molecule has 1 saturated heterocycles. The van der Waals surface area contributed by atoms with Gasteiger partial charge in [0.1, 0.15) is 12.4 Å². The quantitative estimate of drug-likeness (QED) is 0.635. The van der Waals surface area contributed by atoms with Crippen molar-refractivity contribution in [3.63, 3.8) is 0 Å². The van der Waals surface area contributed by atoms with Crippen LogP contribution in [0.2, 0.25) is 0 Å². The third-order valence-corrected chi connectivity index (χ3v) is 5.01. The minimum absolute atomic E-state index is 0.0293. The van der Waals surface area contributed by atoms with Gasteiger partial charge in [-0.2, -0.15) is 0 Å². The monoisotopic (exact) mass is 365 g/mol. The van der Waals surface area contributed by atoms with Crippen LogP contribution in [0.15, 0.2) is 18.2 Å². The van der Waals surface area contributed by atoms with E-state index in [1.807, 2.05) is 6.07 Å². The van der Waals surface area contributed by atoms with Crippen LogP contribution < -0.4 is 10.6 Å². The summed E-state index contributed by atoms with van der Waals surface area (Å²) in [7, 11) is 0. The van der Waals surface area contributed by atoms with E-state index in [0.29, 0.717) is 11.7 Å². The molecule has 1 fully saturated rings. The second-order valence-corrected chi connectivity index (χ2v) is 6.87. The fraction of sp³-hybridized carbons (Fsp3) is 0.556. The van der Waals surface area contributed by atoms with Crippen LogP contribution in [0.1, 0.15) is 42.9 Å². The molecule has 1 unspecified atom stereocenters. The number of likely N-dealkylation sites (tertiary alicyclic amines) is 1. The number of hydrogen-bond acceptors (Lipinski definition) is 3. The molecular weight excluding hydrogens is 341 g/mol. The lowest BCUT2D eigenvalue weighted by Gasteiger charge is -2.25. The molecule has 0 bridgehead atoms. The van der Waals surface area contributed by atoms with E-state index in [2.05, 4.69) is 10.6 Å². The summed E-state index contributed by atoms with van der Waals surface area (Å²) in [5, 5.41) is 6.76. The average Bonchev–Trinajstić information content (AvgIpc) is 3.03. The lowest BCUT2D eigenvalue weighted by molar-refractivity contribution is 0.0968. The molecule has 1 aromatic carbocycles. The molecule has 3 rings (SSSR count). The highest BCUT2D eigenvalue weighted by Gasteiger charge is 2.25. The lowest BCUT2D eigenvalue weighted by Crippen LogP contribution is -2.40. The van der Waals surface area contributed by atoms with Crippen molar-refractivity contribution in [1.82, 2.24) is 15.5 Å². The predicted octanol–water partition coefficient (Wildman–Crippen LogP) is 2.90. The molecule has 2 N–H and O–H groups in total. The molecule has 2 aliphatic rings. The molecule has 1 aliphatic heterocycles. The van der Waals surface area contributed by atoms with Crippen LogP contribution in [0.5, 0.6) is 0 Å². The Hall–Kier alpha value is -1.89. The normalized spacial score (nSPS) is 19.2. The van der Waals surface area contributed by atoms with E-state index >= 15 is 0 Å². The Kier molecular flexibility index (Phi) is 6.07. The van der Waals surface area contributed by atoms with Crippen LogP contribution in [-0.4, -0.2) is 42.3 Å². The highest BCUT2D eigenvalue weighted by Crippen LogP contribution is 2.32. The number of hydrogen-bond donors (Lipinski definition) is 2. The Morgan fingerprint density at radius 1 is 1.32 bits per heavy atom. The van der Waals surface area contributed by atoms with E-state index in [9.17, 15) is 9.18 Å². The van der Waals surface area contributed by atoms with Crippen molar-refractivity contribution in [3.05, 3.63) is 35.1 Å². The molecule has 0 radical (unpaired) electrons. The van der Waals surface area contributed by atoms with E-state index in [1.165, 1.54) is 12.5 Å². The summed E-state index contributed by atoms with van der Waals surface area (Å²) in [6, 6.07) is 5.19. The zero-order chi connectivity index (χ0) is 17.6. The maximum atomic E-state index is 13.8. The Bertz CT molecular complexity index is 635. The molecule has 1 aromatic rings. The van der Waals surface area contributed by atoms with Gasteiger partial charge in [0.15, 0.2) is 5.11 Å². The molecule has 1 heterocycles. The van der Waals surface area contributed by atoms with Crippen molar-refractivity contribution < 1.29 is 13.9 Å². The van der Waals surface area contributed by atoms with E-state index in [4.69, 9.17) is 17.0 Å². The summed E-state index contributed by atoms with van der Waals surface area (Å²) in [5.41, 5.74) is 1.75. The zero-order valence-electron chi connectivity index (χ0n) is 14.2. The van der Waals surface area contributed by atoms with E-state index in [1.54, 1.807) is 11.0 Å². The van der Waals surface area contributed by atoms with Crippen molar-refractivity contribution in [2.75, 3.05) is 26.2 Å². The van der Waals surface area contributed by atoms with E-state index in [-0.39, 0.29) is 24.6 Å². The van der Waals surface area contributed by atoms with Crippen LogP contribution >= 0.6 is 12.2 Å². The van der Waals surface area contributed by atoms with Crippen LogP contribution in [0.3, 0.4) is 0 Å². The summed E-state index contributed by atoms with van der Waals surface area (Å²) >= 11 is 5.29. The minimum atomic E-state index is -0.249. The van der Waals surface area contributed by atoms with Gasteiger partial charge in [-0.3, -0.25) is 0 Å². The number of nitrogens with zero attached hydrogens (tertiary/aromatic N) is 1. The number of halogens is 1. The first-order chi connectivity index (χ1) is 12.1. The first-order valence-electron chi connectivity index (χ1n) is 8.88.